The molecular weight excluding hydrogens is 833 g/mol. The third kappa shape index (κ3) is 6.76. The Labute approximate surface area is 392 Å². The lowest BCUT2D eigenvalue weighted by Crippen LogP contribution is -1.86. The van der Waals surface area contributed by atoms with Gasteiger partial charge in [-0.3, -0.25) is 0 Å². The van der Waals surface area contributed by atoms with E-state index >= 15 is 0 Å². The van der Waals surface area contributed by atoms with E-state index in [1.165, 1.54) is 22.3 Å². The fraction of sp³-hybridized carbons (Fsp3) is 0.0667. The first-order valence-corrected chi connectivity index (χ1v) is 22.9. The molecular formula is C60H42N8. The summed E-state index contributed by atoms with van der Waals surface area (Å²) in [5.74, 6) is 2.23. The molecule has 3 aromatic heterocycles. The maximum Gasteiger partial charge on any atom is 0.164 e. The number of nitrogens with one attached hydrogen (secondary N) is 2. The van der Waals surface area contributed by atoms with Crippen LogP contribution < -0.4 is 0 Å². The molecule has 0 radical (unpaired) electrons. The molecule has 8 nitrogen and oxygen atoms in total. The van der Waals surface area contributed by atoms with Gasteiger partial charge in [-0.05, 0) is 121 Å². The van der Waals surface area contributed by atoms with E-state index in [9.17, 15) is 0 Å². The van der Waals surface area contributed by atoms with Crippen molar-refractivity contribution >= 4 is 44.1 Å². The maximum absolute atomic E-state index is 5.40. The molecule has 2 N–H and O–H groups in total. The van der Waals surface area contributed by atoms with E-state index in [0.717, 1.165) is 88.3 Å². The van der Waals surface area contributed by atoms with Crippen LogP contribution in [0.1, 0.15) is 22.3 Å². The third-order valence-corrected chi connectivity index (χ3v) is 13.2. The summed E-state index contributed by atoms with van der Waals surface area (Å²) in [6, 6.07) is 60.1. The quantitative estimate of drug-likeness (QED) is 0.182. The monoisotopic (exact) mass is 874 g/mol. The van der Waals surface area contributed by atoms with Gasteiger partial charge in [-0.25, -0.2) is 29.9 Å². The molecule has 0 saturated carbocycles. The van der Waals surface area contributed by atoms with Crippen LogP contribution >= 0.6 is 0 Å². The van der Waals surface area contributed by atoms with Gasteiger partial charge in [0.25, 0.3) is 0 Å². The number of fused-ring (bicyclic) bond motifs is 20. The van der Waals surface area contributed by atoms with Gasteiger partial charge in [-0.15, -0.1) is 0 Å². The van der Waals surface area contributed by atoms with Crippen molar-refractivity contribution in [2.24, 2.45) is 0 Å². The number of benzene rings is 8. The molecule has 0 unspecified atom stereocenters. The van der Waals surface area contributed by atoms with Crippen LogP contribution in [0.4, 0.5) is 0 Å². The summed E-state index contributed by atoms with van der Waals surface area (Å²) in [7, 11) is 0. The second-order valence-electron chi connectivity index (χ2n) is 18.1. The van der Waals surface area contributed by atoms with Gasteiger partial charge in [0.15, 0.2) is 23.3 Å². The van der Waals surface area contributed by atoms with Crippen molar-refractivity contribution in [1.29, 1.82) is 0 Å². The zero-order valence-electron chi connectivity index (χ0n) is 37.8. The Morgan fingerprint density at radius 2 is 0.544 bits per heavy atom. The largest absolute Gasteiger partial charge is 0.324 e. The van der Waals surface area contributed by atoms with E-state index in [0.29, 0.717) is 45.9 Å². The van der Waals surface area contributed by atoms with Gasteiger partial charge in [0.2, 0.25) is 0 Å². The van der Waals surface area contributed by atoms with Gasteiger partial charge in [-0.2, -0.15) is 0 Å². The van der Waals surface area contributed by atoms with Crippen molar-refractivity contribution in [3.8, 4) is 90.1 Å². The molecule has 8 aromatic carbocycles. The normalized spacial score (nSPS) is 11.8. The van der Waals surface area contributed by atoms with Crippen LogP contribution in [0.5, 0.6) is 0 Å². The Bertz CT molecular complexity index is 3840. The summed E-state index contributed by atoms with van der Waals surface area (Å²) in [4.78, 5) is 39.5. The Hall–Kier alpha value is -8.88. The number of hydrogen-bond donors (Lipinski definition) is 2. The summed E-state index contributed by atoms with van der Waals surface area (Å²) < 4.78 is 0. The van der Waals surface area contributed by atoms with Crippen LogP contribution in [-0.2, 0) is 0 Å². The lowest BCUT2D eigenvalue weighted by Gasteiger charge is -2.06. The Kier molecular flexibility index (Phi) is 8.92. The zero-order valence-corrected chi connectivity index (χ0v) is 37.8. The van der Waals surface area contributed by atoms with Crippen LogP contribution in [0.15, 0.2) is 170 Å². The first kappa shape index (κ1) is 39.5. The molecule has 0 saturated heterocycles. The number of aromatic nitrogens is 8. The predicted octanol–water partition coefficient (Wildman–Crippen LogP) is 14.8. The molecule has 0 atom stereocenters. The van der Waals surface area contributed by atoms with Gasteiger partial charge in [-0.1, -0.05) is 144 Å². The van der Waals surface area contributed by atoms with Crippen LogP contribution in [0.2, 0.25) is 0 Å². The number of aromatic amines is 2. The SMILES string of the molecule is Cc1cccc(-c2ccc3c(c2)-c2nc-3nc3[nH]c(nc4nc(nc5[nH]c(n2)c2ccc(-c6cccc(C)c6)cc52)-c2ccc(-c5cccc(C)c5)cc2-4)c2ccc(-c4cccc(C)c4)cc32)c1. The molecule has 2 aliphatic heterocycles. The number of nitrogens with zero attached hydrogens (tertiary/aromatic N) is 6. The first-order chi connectivity index (χ1) is 33.2. The topological polar surface area (TPSA) is 109 Å². The number of rotatable bonds is 4. The van der Waals surface area contributed by atoms with Crippen LogP contribution in [0.3, 0.4) is 0 Å². The highest BCUT2D eigenvalue weighted by Gasteiger charge is 2.24. The van der Waals surface area contributed by atoms with Crippen LogP contribution in [-0.4, -0.2) is 39.9 Å². The van der Waals surface area contributed by atoms with Gasteiger partial charge < -0.3 is 9.97 Å². The van der Waals surface area contributed by atoms with Gasteiger partial charge >= 0.3 is 0 Å². The molecule has 5 heterocycles. The minimum Gasteiger partial charge on any atom is -0.324 e. The summed E-state index contributed by atoms with van der Waals surface area (Å²) in [6.45, 7) is 8.47. The standard InChI is InChI=1S/C60H42N8/c1-33-9-5-13-37(25-33)41-17-21-45-49(29-41)57-61-53(45)66-58-51-31-43(39-15-7-11-35(3)27-39)19-23-47(51)55(63-58)68-60-52-32-44(40-16-8-12-36(4)28-40)20-24-48(52)56(64-60)67-59-50-30-42(38-14-6-10-34(2)26-38)18-22-46(50)54(62-59)65-57/h5-32H,1-4H3,(H2,61,62,63,64,65,66,67,68). The smallest absolute Gasteiger partial charge is 0.164 e. The summed E-state index contributed by atoms with van der Waals surface area (Å²) in [6.07, 6.45) is 0. The van der Waals surface area contributed by atoms with Gasteiger partial charge in [0, 0.05) is 43.8 Å². The number of aryl methyl sites for hydroxylation is 4. The average Bonchev–Trinajstić information content (AvgIpc) is 4.08. The van der Waals surface area contributed by atoms with Crippen molar-refractivity contribution < 1.29 is 0 Å². The molecule has 11 aromatic rings. The van der Waals surface area contributed by atoms with Gasteiger partial charge in [0.1, 0.15) is 22.6 Å². The summed E-state index contributed by atoms with van der Waals surface area (Å²) >= 11 is 0. The highest BCUT2D eigenvalue weighted by atomic mass is 15.1. The summed E-state index contributed by atoms with van der Waals surface area (Å²) in [5, 5.41) is 3.67. The maximum atomic E-state index is 5.40. The Balaban J connectivity index is 1.14. The van der Waals surface area contributed by atoms with E-state index in [1.807, 2.05) is 0 Å². The number of H-pyrrole nitrogens is 2. The molecule has 68 heavy (non-hydrogen) atoms. The van der Waals surface area contributed by atoms with Crippen LogP contribution in [0, 0.1) is 27.7 Å². The molecule has 8 bridgehead atoms. The molecule has 0 spiro atoms. The van der Waals surface area contributed by atoms with Crippen molar-refractivity contribution in [3.63, 3.8) is 0 Å². The third-order valence-electron chi connectivity index (χ3n) is 13.2. The minimum atomic E-state index is 0.557. The van der Waals surface area contributed by atoms with Gasteiger partial charge in [0.05, 0.1) is 0 Å². The lowest BCUT2D eigenvalue weighted by atomic mass is 9.98. The van der Waals surface area contributed by atoms with Crippen molar-refractivity contribution in [2.75, 3.05) is 0 Å². The molecule has 322 valence electrons. The number of hydrogen-bond acceptors (Lipinski definition) is 6. The second kappa shape index (κ2) is 15.4. The molecule has 0 fully saturated rings. The highest BCUT2D eigenvalue weighted by molar-refractivity contribution is 6.08. The molecule has 8 heteroatoms. The summed E-state index contributed by atoms with van der Waals surface area (Å²) in [5.41, 5.74) is 19.7. The lowest BCUT2D eigenvalue weighted by molar-refractivity contribution is 1.19. The highest BCUT2D eigenvalue weighted by Crippen LogP contribution is 2.41. The van der Waals surface area contributed by atoms with Crippen LogP contribution in [0.25, 0.3) is 134 Å². The fourth-order valence-corrected chi connectivity index (χ4v) is 9.81. The predicted molar refractivity (Wildman–Crippen MR) is 277 cm³/mol. The fourth-order valence-electron chi connectivity index (χ4n) is 9.81. The molecule has 0 aliphatic carbocycles. The molecule has 2 aliphatic rings. The van der Waals surface area contributed by atoms with E-state index in [1.54, 1.807) is 0 Å². The van der Waals surface area contributed by atoms with E-state index < -0.39 is 0 Å². The first-order valence-electron chi connectivity index (χ1n) is 22.9. The molecule has 0 amide bonds. The molecule has 13 rings (SSSR count). The van der Waals surface area contributed by atoms with Crippen molar-refractivity contribution in [3.05, 3.63) is 192 Å². The van der Waals surface area contributed by atoms with E-state index in [2.05, 4.69) is 208 Å². The Morgan fingerprint density at radius 3 is 0.897 bits per heavy atom. The van der Waals surface area contributed by atoms with E-state index in [4.69, 9.17) is 29.9 Å². The second-order valence-corrected chi connectivity index (χ2v) is 18.1. The average molecular weight is 875 g/mol. The van der Waals surface area contributed by atoms with E-state index in [-0.39, 0.29) is 0 Å². The van der Waals surface area contributed by atoms with Crippen molar-refractivity contribution in [1.82, 2.24) is 39.9 Å². The Morgan fingerprint density at radius 1 is 0.250 bits per heavy atom. The van der Waals surface area contributed by atoms with Crippen molar-refractivity contribution in [2.45, 2.75) is 27.7 Å². The zero-order chi connectivity index (χ0) is 45.6. The minimum absolute atomic E-state index is 0.557.